The summed E-state index contributed by atoms with van der Waals surface area (Å²) in [5, 5.41) is 2.87. The van der Waals surface area contributed by atoms with Crippen LogP contribution in [0, 0.1) is 0 Å². The van der Waals surface area contributed by atoms with Gasteiger partial charge in [0.05, 0.1) is 11.5 Å². The van der Waals surface area contributed by atoms with Gasteiger partial charge in [0.1, 0.15) is 12.1 Å². The lowest BCUT2D eigenvalue weighted by atomic mass is 9.76. The number of imide groups is 1. The maximum Gasteiger partial charge on any atom is 0.325 e. The van der Waals surface area contributed by atoms with Gasteiger partial charge >= 0.3 is 6.03 Å². The Morgan fingerprint density at radius 2 is 1.82 bits per heavy atom. The van der Waals surface area contributed by atoms with Crippen molar-refractivity contribution < 1.29 is 22.8 Å². The molecule has 8 nitrogen and oxygen atoms in total. The fourth-order valence-corrected chi connectivity index (χ4v) is 7.13. The van der Waals surface area contributed by atoms with Crippen LogP contribution in [0.4, 0.5) is 4.79 Å². The van der Waals surface area contributed by atoms with E-state index in [4.69, 9.17) is 0 Å². The molecule has 0 bridgehead atoms. The van der Waals surface area contributed by atoms with Gasteiger partial charge in [0.2, 0.25) is 5.91 Å². The van der Waals surface area contributed by atoms with Crippen molar-refractivity contribution in [3.8, 4) is 0 Å². The van der Waals surface area contributed by atoms with E-state index in [1.807, 2.05) is 54.6 Å². The van der Waals surface area contributed by atoms with Crippen LogP contribution in [0.5, 0.6) is 0 Å². The summed E-state index contributed by atoms with van der Waals surface area (Å²) in [4.78, 5) is 42.5. The van der Waals surface area contributed by atoms with Crippen molar-refractivity contribution in [1.29, 1.82) is 0 Å². The first-order valence-electron chi connectivity index (χ1n) is 11.6. The third kappa shape index (κ3) is 3.98. The lowest BCUT2D eigenvalue weighted by Crippen LogP contribution is -2.49. The van der Waals surface area contributed by atoms with Gasteiger partial charge in [-0.3, -0.25) is 14.5 Å². The Balaban J connectivity index is 1.40. The van der Waals surface area contributed by atoms with E-state index in [1.165, 1.54) is 4.90 Å². The Morgan fingerprint density at radius 3 is 2.56 bits per heavy atom. The maximum absolute atomic E-state index is 13.6. The zero-order chi connectivity index (χ0) is 23.9. The van der Waals surface area contributed by atoms with E-state index in [0.717, 1.165) is 34.4 Å². The fraction of sp³-hybridized carbons (Fsp3) is 0.400. The van der Waals surface area contributed by atoms with Crippen LogP contribution < -0.4 is 5.32 Å². The molecule has 0 saturated carbocycles. The van der Waals surface area contributed by atoms with Crippen molar-refractivity contribution in [3.63, 3.8) is 0 Å². The molecule has 2 atom stereocenters. The van der Waals surface area contributed by atoms with Crippen LogP contribution in [0.15, 0.2) is 54.6 Å². The molecular formula is C25H27N3O5S. The molecule has 1 N–H and O–H groups in total. The first kappa shape index (κ1) is 22.6. The van der Waals surface area contributed by atoms with E-state index in [9.17, 15) is 22.8 Å². The second-order valence-electron chi connectivity index (χ2n) is 9.30. The van der Waals surface area contributed by atoms with Gasteiger partial charge in [-0.2, -0.15) is 0 Å². The largest absolute Gasteiger partial charge is 0.333 e. The molecule has 178 valence electrons. The molecular weight excluding hydrogens is 454 g/mol. The summed E-state index contributed by atoms with van der Waals surface area (Å²) in [5.74, 6) is -0.935. The monoisotopic (exact) mass is 481 g/mol. The Morgan fingerprint density at radius 1 is 1.09 bits per heavy atom. The lowest BCUT2D eigenvalue weighted by molar-refractivity contribution is -0.140. The average Bonchev–Trinajstić information content (AvgIpc) is 3.30. The number of sulfone groups is 1. The number of hydrogen-bond acceptors (Lipinski definition) is 5. The van der Waals surface area contributed by atoms with Gasteiger partial charge < -0.3 is 10.2 Å². The number of aryl methyl sites for hydroxylation is 1. The van der Waals surface area contributed by atoms with Crippen LogP contribution in [-0.2, 0) is 37.9 Å². The Kier molecular flexibility index (Phi) is 5.67. The van der Waals surface area contributed by atoms with Crippen LogP contribution in [0.2, 0.25) is 0 Å². The molecule has 1 spiro atoms. The summed E-state index contributed by atoms with van der Waals surface area (Å²) in [6.07, 6.45) is 2.41. The van der Waals surface area contributed by atoms with Crippen LogP contribution >= 0.6 is 0 Å². The maximum atomic E-state index is 13.6. The Labute approximate surface area is 198 Å². The van der Waals surface area contributed by atoms with E-state index in [-0.39, 0.29) is 18.1 Å². The number of carbonyl (C=O) groups excluding carboxylic acids is 3. The van der Waals surface area contributed by atoms with E-state index >= 15 is 0 Å². The van der Waals surface area contributed by atoms with Crippen molar-refractivity contribution >= 4 is 27.7 Å². The van der Waals surface area contributed by atoms with Crippen LogP contribution in [0.25, 0.3) is 0 Å². The molecule has 2 aromatic rings. The highest BCUT2D eigenvalue weighted by Crippen LogP contribution is 2.40. The van der Waals surface area contributed by atoms with Crippen molar-refractivity contribution in [2.75, 3.05) is 18.1 Å². The molecule has 2 saturated heterocycles. The van der Waals surface area contributed by atoms with Gasteiger partial charge in [-0.1, -0.05) is 54.6 Å². The normalized spacial score (nSPS) is 25.3. The number of benzene rings is 2. The Hall–Kier alpha value is -3.20. The first-order chi connectivity index (χ1) is 16.3. The molecule has 5 rings (SSSR count). The van der Waals surface area contributed by atoms with Gasteiger partial charge in [0.25, 0.3) is 5.91 Å². The minimum Gasteiger partial charge on any atom is -0.333 e. The lowest BCUT2D eigenvalue weighted by Gasteiger charge is -2.33. The van der Waals surface area contributed by atoms with Crippen molar-refractivity contribution in [2.45, 2.75) is 43.8 Å². The summed E-state index contributed by atoms with van der Waals surface area (Å²) in [6, 6.07) is 15.8. The number of nitrogens with one attached hydrogen (secondary N) is 1. The molecule has 0 unspecified atom stereocenters. The van der Waals surface area contributed by atoms with Gasteiger partial charge in [-0.25, -0.2) is 13.2 Å². The van der Waals surface area contributed by atoms with Crippen molar-refractivity contribution in [1.82, 2.24) is 15.1 Å². The van der Waals surface area contributed by atoms with Gasteiger partial charge in [-0.15, -0.1) is 0 Å². The molecule has 0 aromatic heterocycles. The van der Waals surface area contributed by atoms with Gasteiger partial charge in [0, 0.05) is 12.6 Å². The predicted octanol–water partition coefficient (Wildman–Crippen LogP) is 1.99. The number of carbonyl (C=O) groups is 3. The Bertz CT molecular complexity index is 1250. The standard InChI is InChI=1S/C25H27N3O5S/c29-22(27(15-18-7-2-1-3-8-18)20-12-14-34(32,33)17-20)16-28-23(30)25(26-24(28)31)13-6-10-19-9-4-5-11-21(19)25/h1-5,7-9,11,20H,6,10,12-17H2,(H,26,31)/t20-,25+/m1/s1. The molecule has 1 aliphatic carbocycles. The highest BCUT2D eigenvalue weighted by atomic mass is 32.2. The van der Waals surface area contributed by atoms with Gasteiger partial charge in [0.15, 0.2) is 9.84 Å². The topological polar surface area (TPSA) is 104 Å². The predicted molar refractivity (Wildman–Crippen MR) is 125 cm³/mol. The minimum absolute atomic E-state index is 0.0270. The highest BCUT2D eigenvalue weighted by Gasteiger charge is 2.54. The second-order valence-corrected chi connectivity index (χ2v) is 11.5. The number of urea groups is 1. The molecule has 0 radical (unpaired) electrons. The van der Waals surface area contributed by atoms with E-state index in [0.29, 0.717) is 12.8 Å². The van der Waals surface area contributed by atoms with Crippen LogP contribution in [-0.4, -0.2) is 60.2 Å². The number of amides is 4. The van der Waals surface area contributed by atoms with Crippen LogP contribution in [0.1, 0.15) is 36.0 Å². The first-order valence-corrected chi connectivity index (χ1v) is 13.4. The third-order valence-electron chi connectivity index (χ3n) is 7.11. The highest BCUT2D eigenvalue weighted by molar-refractivity contribution is 7.91. The number of hydrogen-bond donors (Lipinski definition) is 1. The number of fused-ring (bicyclic) bond motifs is 2. The average molecular weight is 482 g/mol. The summed E-state index contributed by atoms with van der Waals surface area (Å²) < 4.78 is 24.2. The minimum atomic E-state index is -3.22. The second kappa shape index (κ2) is 8.54. The quantitative estimate of drug-likeness (QED) is 0.658. The molecule has 2 heterocycles. The van der Waals surface area contributed by atoms with Crippen molar-refractivity contribution in [2.24, 2.45) is 0 Å². The fourth-order valence-electron chi connectivity index (χ4n) is 5.40. The summed E-state index contributed by atoms with van der Waals surface area (Å²) in [6.45, 7) is -0.199. The smallest absolute Gasteiger partial charge is 0.325 e. The van der Waals surface area contributed by atoms with E-state index in [1.54, 1.807) is 0 Å². The molecule has 3 aliphatic rings. The molecule has 2 aromatic carbocycles. The van der Waals surface area contributed by atoms with E-state index in [2.05, 4.69) is 5.32 Å². The number of rotatable bonds is 5. The molecule has 2 fully saturated rings. The zero-order valence-electron chi connectivity index (χ0n) is 18.8. The SMILES string of the molecule is O=C1N[C@]2(CCCc3ccccc32)C(=O)N1CC(=O)N(Cc1ccccc1)[C@@H]1CCS(=O)(=O)C1. The third-order valence-corrected chi connectivity index (χ3v) is 8.86. The molecule has 9 heteroatoms. The molecule has 34 heavy (non-hydrogen) atoms. The summed E-state index contributed by atoms with van der Waals surface area (Å²) in [5.41, 5.74) is 1.53. The summed E-state index contributed by atoms with van der Waals surface area (Å²) in [7, 11) is -3.22. The summed E-state index contributed by atoms with van der Waals surface area (Å²) >= 11 is 0. The molecule has 4 amide bonds. The van der Waals surface area contributed by atoms with E-state index < -0.39 is 45.8 Å². The van der Waals surface area contributed by atoms with Crippen LogP contribution in [0.3, 0.4) is 0 Å². The van der Waals surface area contributed by atoms with Crippen molar-refractivity contribution in [3.05, 3.63) is 71.3 Å². The van der Waals surface area contributed by atoms with Gasteiger partial charge in [-0.05, 0) is 42.4 Å². The zero-order valence-corrected chi connectivity index (χ0v) is 19.6. The molecule has 2 aliphatic heterocycles. The number of nitrogens with zero attached hydrogens (tertiary/aromatic N) is 2.